The fraction of sp³-hybridized carbons (Fsp3) is 0.364. The van der Waals surface area contributed by atoms with E-state index in [4.69, 9.17) is 0 Å². The Morgan fingerprint density at radius 1 is 1.33 bits per heavy atom. The molecule has 0 bridgehead atoms. The number of benzene rings is 1. The van der Waals surface area contributed by atoms with Crippen LogP contribution in [0.3, 0.4) is 0 Å². The molecule has 0 aliphatic rings. The van der Waals surface area contributed by atoms with Crippen molar-refractivity contribution >= 4 is 15.1 Å². The quantitative estimate of drug-likeness (QED) is 0.767. The molecule has 2 nitrogen and oxygen atoms in total. The molecule has 1 amide bonds. The number of rotatable bonds is 5. The second-order valence-corrected chi connectivity index (χ2v) is 3.87. The van der Waals surface area contributed by atoms with Gasteiger partial charge in [0.25, 0.3) is 0 Å². The van der Waals surface area contributed by atoms with Gasteiger partial charge in [-0.05, 0) is 30.3 Å². The maximum atomic E-state index is 12.6. The van der Waals surface area contributed by atoms with E-state index in [1.807, 2.05) is 0 Å². The van der Waals surface area contributed by atoms with Crippen molar-refractivity contribution in [1.82, 2.24) is 5.32 Å². The lowest BCUT2D eigenvalue weighted by atomic mass is 10.2. The average Bonchev–Trinajstić information content (AvgIpc) is 2.25. The number of carbonyl (C=O) groups is 1. The molecule has 1 unspecified atom stereocenters. The molecule has 0 saturated carbocycles. The number of hydrogen-bond acceptors (Lipinski definition) is 1. The SMILES string of the molecule is O=C(CCCP)NCc1ccc(F)cc1. The van der Waals surface area contributed by atoms with Crippen molar-refractivity contribution in [2.45, 2.75) is 19.4 Å². The van der Waals surface area contributed by atoms with E-state index >= 15 is 0 Å². The highest BCUT2D eigenvalue weighted by Crippen LogP contribution is 2.02. The summed E-state index contributed by atoms with van der Waals surface area (Å²) in [5.41, 5.74) is 0.913. The van der Waals surface area contributed by atoms with E-state index in [0.717, 1.165) is 18.1 Å². The Hall–Kier alpha value is -0.950. The van der Waals surface area contributed by atoms with Gasteiger partial charge in [-0.2, -0.15) is 0 Å². The highest BCUT2D eigenvalue weighted by Gasteiger charge is 2.00. The lowest BCUT2D eigenvalue weighted by Gasteiger charge is -2.04. The number of nitrogens with one attached hydrogen (secondary N) is 1. The minimum Gasteiger partial charge on any atom is -0.352 e. The van der Waals surface area contributed by atoms with Gasteiger partial charge in [-0.25, -0.2) is 4.39 Å². The van der Waals surface area contributed by atoms with Crippen molar-refractivity contribution in [1.29, 1.82) is 0 Å². The van der Waals surface area contributed by atoms with Crippen LogP contribution >= 0.6 is 9.24 Å². The fourth-order valence-electron chi connectivity index (χ4n) is 1.15. The second-order valence-electron chi connectivity index (χ2n) is 3.30. The van der Waals surface area contributed by atoms with Crippen LogP contribution in [0.15, 0.2) is 24.3 Å². The van der Waals surface area contributed by atoms with Crippen molar-refractivity contribution in [3.05, 3.63) is 35.6 Å². The van der Waals surface area contributed by atoms with Crippen LogP contribution in [0.1, 0.15) is 18.4 Å². The van der Waals surface area contributed by atoms with Crippen LogP contribution in [-0.4, -0.2) is 12.1 Å². The van der Waals surface area contributed by atoms with Crippen LogP contribution in [0.4, 0.5) is 4.39 Å². The Balaban J connectivity index is 2.30. The Morgan fingerprint density at radius 3 is 2.60 bits per heavy atom. The smallest absolute Gasteiger partial charge is 0.220 e. The van der Waals surface area contributed by atoms with Crippen LogP contribution in [0.25, 0.3) is 0 Å². The molecular weight excluding hydrogens is 212 g/mol. The first-order chi connectivity index (χ1) is 7.22. The van der Waals surface area contributed by atoms with Gasteiger partial charge >= 0.3 is 0 Å². The summed E-state index contributed by atoms with van der Waals surface area (Å²) in [5.74, 6) is -0.213. The van der Waals surface area contributed by atoms with Gasteiger partial charge in [-0.15, -0.1) is 9.24 Å². The van der Waals surface area contributed by atoms with E-state index in [9.17, 15) is 9.18 Å². The van der Waals surface area contributed by atoms with Crippen LogP contribution in [0.5, 0.6) is 0 Å². The third-order valence-electron chi connectivity index (χ3n) is 2.01. The van der Waals surface area contributed by atoms with Gasteiger partial charge in [0.05, 0.1) is 0 Å². The van der Waals surface area contributed by atoms with Crippen molar-refractivity contribution in [2.24, 2.45) is 0 Å². The van der Waals surface area contributed by atoms with Crippen LogP contribution < -0.4 is 5.32 Å². The van der Waals surface area contributed by atoms with Crippen molar-refractivity contribution in [3.63, 3.8) is 0 Å². The molecule has 1 atom stereocenters. The van der Waals surface area contributed by atoms with Gasteiger partial charge in [-0.3, -0.25) is 4.79 Å². The minimum atomic E-state index is -0.256. The molecule has 0 spiro atoms. The summed E-state index contributed by atoms with van der Waals surface area (Å²) in [6.07, 6.45) is 2.36. The number of hydrogen-bond donors (Lipinski definition) is 1. The molecule has 1 aromatic carbocycles. The summed E-state index contributed by atoms with van der Waals surface area (Å²) >= 11 is 0. The standard InChI is InChI=1S/C11H15FNOP/c12-10-5-3-9(4-6-10)8-13-11(14)2-1-7-15/h3-6H,1-2,7-8,15H2,(H,13,14). The van der Waals surface area contributed by atoms with Crippen molar-refractivity contribution in [3.8, 4) is 0 Å². The van der Waals surface area contributed by atoms with Gasteiger partial charge in [0.2, 0.25) is 5.91 Å². The molecule has 1 rings (SSSR count). The molecule has 0 aromatic heterocycles. The van der Waals surface area contributed by atoms with Crippen molar-refractivity contribution < 1.29 is 9.18 Å². The number of amides is 1. The first-order valence-electron chi connectivity index (χ1n) is 4.93. The zero-order valence-corrected chi connectivity index (χ0v) is 9.66. The average molecular weight is 227 g/mol. The fourth-order valence-corrected chi connectivity index (χ4v) is 1.36. The summed E-state index contributed by atoms with van der Waals surface area (Å²) in [7, 11) is 2.59. The Bertz CT molecular complexity index is 313. The summed E-state index contributed by atoms with van der Waals surface area (Å²) < 4.78 is 12.6. The van der Waals surface area contributed by atoms with E-state index in [1.165, 1.54) is 12.1 Å². The minimum absolute atomic E-state index is 0.0433. The zero-order valence-electron chi connectivity index (χ0n) is 8.50. The lowest BCUT2D eigenvalue weighted by molar-refractivity contribution is -0.121. The molecule has 0 aliphatic heterocycles. The topological polar surface area (TPSA) is 29.1 Å². The molecule has 0 fully saturated rings. The highest BCUT2D eigenvalue weighted by molar-refractivity contribution is 7.16. The first kappa shape index (κ1) is 12.1. The van der Waals surface area contributed by atoms with Gasteiger partial charge in [0.15, 0.2) is 0 Å². The third-order valence-corrected chi connectivity index (χ3v) is 2.42. The summed E-state index contributed by atoms with van der Waals surface area (Å²) in [6, 6.07) is 6.13. The van der Waals surface area contributed by atoms with Crippen LogP contribution in [-0.2, 0) is 11.3 Å². The molecule has 1 aromatic rings. The van der Waals surface area contributed by atoms with Crippen molar-refractivity contribution in [2.75, 3.05) is 6.16 Å². The van der Waals surface area contributed by atoms with E-state index < -0.39 is 0 Å². The Labute approximate surface area is 91.5 Å². The van der Waals surface area contributed by atoms with Crippen LogP contribution in [0, 0.1) is 5.82 Å². The highest BCUT2D eigenvalue weighted by atomic mass is 31.0. The predicted molar refractivity (Wildman–Crippen MR) is 62.1 cm³/mol. The summed E-state index contributed by atoms with van der Waals surface area (Å²) in [4.78, 5) is 11.2. The summed E-state index contributed by atoms with van der Waals surface area (Å²) in [5, 5.41) is 2.78. The molecule has 4 heteroatoms. The Morgan fingerprint density at radius 2 is 2.00 bits per heavy atom. The molecule has 0 radical (unpaired) electrons. The largest absolute Gasteiger partial charge is 0.352 e. The molecule has 82 valence electrons. The maximum absolute atomic E-state index is 12.6. The maximum Gasteiger partial charge on any atom is 0.220 e. The van der Waals surface area contributed by atoms with Gasteiger partial charge < -0.3 is 5.32 Å². The number of halogens is 1. The normalized spacial score (nSPS) is 10.0. The third kappa shape index (κ3) is 4.89. The molecule has 0 aliphatic carbocycles. The summed E-state index contributed by atoms with van der Waals surface area (Å²) in [6.45, 7) is 0.468. The predicted octanol–water partition coefficient (Wildman–Crippen LogP) is 2.10. The Kier molecular flexibility index (Phi) is 5.27. The van der Waals surface area contributed by atoms with Gasteiger partial charge in [-0.1, -0.05) is 12.1 Å². The monoisotopic (exact) mass is 227 g/mol. The second kappa shape index (κ2) is 6.52. The molecule has 1 N–H and O–H groups in total. The van der Waals surface area contributed by atoms with Gasteiger partial charge in [0, 0.05) is 13.0 Å². The van der Waals surface area contributed by atoms with E-state index in [2.05, 4.69) is 14.6 Å². The van der Waals surface area contributed by atoms with E-state index in [0.29, 0.717) is 13.0 Å². The first-order valence-corrected chi connectivity index (χ1v) is 5.75. The molecule has 0 heterocycles. The zero-order chi connectivity index (χ0) is 11.1. The molecular formula is C11H15FNOP. The molecule has 0 saturated heterocycles. The molecule has 15 heavy (non-hydrogen) atoms. The van der Waals surface area contributed by atoms with Gasteiger partial charge in [0.1, 0.15) is 5.82 Å². The van der Waals surface area contributed by atoms with Crippen LogP contribution in [0.2, 0.25) is 0 Å². The van der Waals surface area contributed by atoms with E-state index in [1.54, 1.807) is 12.1 Å². The van der Waals surface area contributed by atoms with E-state index in [-0.39, 0.29) is 11.7 Å². The lowest BCUT2D eigenvalue weighted by Crippen LogP contribution is -2.22. The number of carbonyl (C=O) groups excluding carboxylic acids is 1.